The predicted octanol–water partition coefficient (Wildman–Crippen LogP) is 2.37. The molecule has 302 valence electrons. The van der Waals surface area contributed by atoms with Gasteiger partial charge in [-0.25, -0.2) is 9.59 Å². The fourth-order valence-corrected chi connectivity index (χ4v) is 8.18. The molecule has 2 aliphatic carbocycles. The molecule has 16 nitrogen and oxygen atoms in total. The fraction of sp³-hybridized carbons (Fsp3) is 0.833. The molecule has 0 aromatic rings. The van der Waals surface area contributed by atoms with E-state index in [4.69, 9.17) is 10.5 Å². The van der Waals surface area contributed by atoms with Gasteiger partial charge >= 0.3 is 22.3 Å². The van der Waals surface area contributed by atoms with Crippen LogP contribution in [0.1, 0.15) is 102 Å². The largest absolute Gasteiger partial charge is 0.443 e. The number of nitrogens with zero attached hydrogens (tertiary/aromatic N) is 3. The molecule has 53 heavy (non-hydrogen) atoms. The number of rotatable bonds is 13. The zero-order valence-corrected chi connectivity index (χ0v) is 34.6. The quantitative estimate of drug-likeness (QED) is 0.202. The summed E-state index contributed by atoms with van der Waals surface area (Å²) in [5.74, 6) is -3.04. The summed E-state index contributed by atoms with van der Waals surface area (Å²) in [5, 5.41) is 8.40. The number of amides is 6. The molecule has 3 aliphatic rings. The van der Waals surface area contributed by atoms with Crippen molar-refractivity contribution in [3.05, 3.63) is 0 Å². The Bertz CT molecular complexity index is 1560. The first-order valence-electron chi connectivity index (χ1n) is 18.4. The van der Waals surface area contributed by atoms with E-state index < -0.39 is 86.4 Å². The average Bonchev–Trinajstić information content (AvgIpc) is 3.29. The van der Waals surface area contributed by atoms with E-state index >= 15 is 0 Å². The number of ether oxygens (including phenoxy) is 1. The molecule has 1 aliphatic heterocycles. The van der Waals surface area contributed by atoms with Gasteiger partial charge in [0.15, 0.2) is 0 Å². The van der Waals surface area contributed by atoms with E-state index in [-0.39, 0.29) is 36.3 Å². The van der Waals surface area contributed by atoms with Crippen molar-refractivity contribution in [3.8, 4) is 0 Å². The van der Waals surface area contributed by atoms with Crippen molar-refractivity contribution in [3.63, 3.8) is 0 Å². The highest BCUT2D eigenvalue weighted by Crippen LogP contribution is 2.65. The first-order valence-corrected chi connectivity index (χ1v) is 19.8. The number of urea groups is 1. The third-order valence-corrected chi connectivity index (χ3v) is 12.8. The van der Waals surface area contributed by atoms with Crippen molar-refractivity contribution >= 4 is 45.8 Å². The Balaban J connectivity index is 1.82. The van der Waals surface area contributed by atoms with Crippen LogP contribution < -0.4 is 21.7 Å². The number of hydrogen-bond donors (Lipinski definition) is 4. The van der Waals surface area contributed by atoms with Crippen LogP contribution in [0.5, 0.6) is 0 Å². The molecule has 2 saturated carbocycles. The lowest BCUT2D eigenvalue weighted by Gasteiger charge is -2.39. The van der Waals surface area contributed by atoms with E-state index in [1.807, 2.05) is 34.6 Å². The van der Waals surface area contributed by atoms with Gasteiger partial charge in [-0.2, -0.15) is 17.0 Å². The van der Waals surface area contributed by atoms with Crippen LogP contribution in [0.25, 0.3) is 0 Å². The smallest absolute Gasteiger partial charge is 0.424 e. The van der Waals surface area contributed by atoms with E-state index in [9.17, 15) is 37.2 Å². The van der Waals surface area contributed by atoms with E-state index in [1.54, 1.807) is 41.5 Å². The van der Waals surface area contributed by atoms with Gasteiger partial charge in [0.1, 0.15) is 17.7 Å². The summed E-state index contributed by atoms with van der Waals surface area (Å²) in [4.78, 5) is 80.9. The number of nitrogens with two attached hydrogens (primary N) is 1. The zero-order chi connectivity index (χ0) is 40.8. The summed E-state index contributed by atoms with van der Waals surface area (Å²) in [5.41, 5.74) is 2.65. The van der Waals surface area contributed by atoms with E-state index in [0.717, 1.165) is 30.6 Å². The van der Waals surface area contributed by atoms with Gasteiger partial charge < -0.3 is 31.3 Å². The summed E-state index contributed by atoms with van der Waals surface area (Å²) in [6.07, 6.45) is 2.01. The summed E-state index contributed by atoms with van der Waals surface area (Å²) >= 11 is 0. The average molecular weight is 770 g/mol. The lowest BCUT2D eigenvalue weighted by Crippen LogP contribution is -2.63. The van der Waals surface area contributed by atoms with E-state index in [1.165, 1.54) is 11.9 Å². The summed E-state index contributed by atoms with van der Waals surface area (Å²) in [7, 11) is -1.97. The summed E-state index contributed by atoms with van der Waals surface area (Å²) < 4.78 is 33.3. The van der Waals surface area contributed by atoms with Gasteiger partial charge in [0.2, 0.25) is 17.6 Å². The molecule has 0 radical (unpaired) electrons. The molecule has 1 heterocycles. The van der Waals surface area contributed by atoms with Crippen LogP contribution in [0, 0.1) is 34.0 Å². The Morgan fingerprint density at radius 2 is 1.47 bits per heavy atom. The maximum atomic E-state index is 14.4. The van der Waals surface area contributed by atoms with Crippen molar-refractivity contribution in [2.45, 2.75) is 132 Å². The van der Waals surface area contributed by atoms with E-state index in [0.29, 0.717) is 10.7 Å². The highest BCUT2D eigenvalue weighted by atomic mass is 32.2. The van der Waals surface area contributed by atoms with Gasteiger partial charge in [0, 0.05) is 33.2 Å². The number of likely N-dealkylation sites (N-methyl/N-ethyl adjacent to an activating group) is 1. The normalized spacial score (nSPS) is 23.1. The molecule has 0 spiro atoms. The van der Waals surface area contributed by atoms with Crippen molar-refractivity contribution < 1.29 is 41.9 Å². The molecule has 6 amide bonds. The monoisotopic (exact) mass is 769 g/mol. The Labute approximate surface area is 315 Å². The van der Waals surface area contributed by atoms with Crippen molar-refractivity contribution in [1.82, 2.24) is 29.5 Å². The molecule has 5 N–H and O–H groups in total. The SMILES string of the molecule is CN(C[C@@H](NC(=O)N[C@H](C(=O)N1C[C@H]2[C@@H]([C@H]1C(=O)NC(CC1CCC1)C(=O)C(N)=O)C2(C)C)C(C)(C)C)C(C)(C)C)S(=O)(=O)N(C)C(=O)OC(C)(C)C. The highest BCUT2D eigenvalue weighted by Gasteiger charge is 2.70. The summed E-state index contributed by atoms with van der Waals surface area (Å²) in [6, 6.07) is -4.67. The first-order chi connectivity index (χ1) is 23.9. The Morgan fingerprint density at radius 3 is 1.92 bits per heavy atom. The minimum absolute atomic E-state index is 0.00939. The van der Waals surface area contributed by atoms with Crippen LogP contribution in [-0.2, 0) is 34.1 Å². The van der Waals surface area contributed by atoms with Gasteiger partial charge in [-0.1, -0.05) is 74.7 Å². The highest BCUT2D eigenvalue weighted by molar-refractivity contribution is 7.87. The lowest BCUT2D eigenvalue weighted by atomic mass is 9.80. The molecule has 3 rings (SSSR count). The van der Waals surface area contributed by atoms with Crippen LogP contribution in [0.4, 0.5) is 9.59 Å². The third-order valence-electron chi connectivity index (χ3n) is 11.0. The molecule has 0 aromatic carbocycles. The van der Waals surface area contributed by atoms with Gasteiger partial charge in [0.25, 0.3) is 5.91 Å². The van der Waals surface area contributed by atoms with Gasteiger partial charge in [-0.05, 0) is 61.2 Å². The number of fused-ring (bicyclic) bond motifs is 1. The maximum absolute atomic E-state index is 14.4. The second-order valence-electron chi connectivity index (χ2n) is 18.8. The van der Waals surface area contributed by atoms with E-state index in [2.05, 4.69) is 16.0 Å². The minimum Gasteiger partial charge on any atom is -0.443 e. The molecular weight excluding hydrogens is 707 g/mol. The van der Waals surface area contributed by atoms with Crippen molar-refractivity contribution in [2.24, 2.45) is 39.7 Å². The number of ketones is 1. The van der Waals surface area contributed by atoms with Crippen LogP contribution in [0.15, 0.2) is 0 Å². The first kappa shape index (κ1) is 43.9. The van der Waals surface area contributed by atoms with Gasteiger partial charge in [0.05, 0.1) is 6.04 Å². The number of carbonyl (C=O) groups is 6. The molecular formula is C36H63N7O9S. The minimum atomic E-state index is -4.35. The molecule has 1 unspecified atom stereocenters. The molecule has 1 saturated heterocycles. The molecule has 3 fully saturated rings. The number of piperidine rings is 1. The van der Waals surface area contributed by atoms with Crippen LogP contribution in [-0.4, -0.2) is 115 Å². The predicted molar refractivity (Wildman–Crippen MR) is 198 cm³/mol. The second kappa shape index (κ2) is 15.3. The Morgan fingerprint density at radius 1 is 0.906 bits per heavy atom. The topological polar surface area (TPSA) is 218 Å². The van der Waals surface area contributed by atoms with Crippen LogP contribution >= 0.6 is 0 Å². The molecule has 17 heteroatoms. The number of hydrogen-bond acceptors (Lipinski definition) is 9. The lowest BCUT2D eigenvalue weighted by molar-refractivity contribution is -0.145. The maximum Gasteiger partial charge on any atom is 0.424 e. The number of likely N-dealkylation sites (tertiary alicyclic amines) is 1. The van der Waals surface area contributed by atoms with Crippen LogP contribution in [0.2, 0.25) is 0 Å². The molecule has 0 bridgehead atoms. The Kier molecular flexibility index (Phi) is 12.7. The van der Waals surface area contributed by atoms with Crippen molar-refractivity contribution in [2.75, 3.05) is 27.2 Å². The fourth-order valence-electron chi connectivity index (χ4n) is 7.20. The number of carbonyl (C=O) groups excluding carboxylic acids is 6. The number of primary amides is 1. The van der Waals surface area contributed by atoms with Crippen LogP contribution in [0.3, 0.4) is 0 Å². The third kappa shape index (κ3) is 10.2. The van der Waals surface area contributed by atoms with Crippen molar-refractivity contribution in [1.29, 1.82) is 0 Å². The Hall–Kier alpha value is -3.47. The van der Waals surface area contributed by atoms with Gasteiger partial charge in [-0.3, -0.25) is 19.2 Å². The zero-order valence-electron chi connectivity index (χ0n) is 33.8. The molecule has 0 aromatic heterocycles. The molecule has 6 atom stereocenters. The summed E-state index contributed by atoms with van der Waals surface area (Å²) in [6.45, 7) is 19.7. The van der Waals surface area contributed by atoms with Gasteiger partial charge in [-0.15, -0.1) is 0 Å². The number of Topliss-reactive ketones (excluding diaryl/α,β-unsaturated/α-hetero) is 1. The number of nitrogens with one attached hydrogen (secondary N) is 3. The second-order valence-corrected chi connectivity index (χ2v) is 20.8. The standard InChI is InChI=1S/C36H63N7O9S/c1-33(2,3)23(19-41(12)53(50,51)42(13)32(49)52-35(7,8)9)39-31(48)40-27(34(4,5)6)30(47)43-18-21-24(36(21,10)11)25(43)29(46)38-22(26(44)28(37)45)17-20-15-14-16-20/h20-25,27H,14-19H2,1-13H3,(H2,37,45)(H,38,46)(H2,39,40,48)/t21-,22?,23+,24-,25-,27+/m0/s1.